The van der Waals surface area contributed by atoms with Gasteiger partial charge in [-0.2, -0.15) is 12.6 Å². The molecule has 0 aromatic heterocycles. The average Bonchev–Trinajstić information content (AvgIpc) is 2.03. The van der Waals surface area contributed by atoms with Crippen LogP contribution in [0.3, 0.4) is 0 Å². The fraction of sp³-hybridized carbons (Fsp3) is 1.00. The van der Waals surface area contributed by atoms with Gasteiger partial charge in [-0.25, -0.2) is 0 Å². The number of thiol groups is 1. The van der Waals surface area contributed by atoms with Gasteiger partial charge in [-0.1, -0.05) is 13.8 Å². The summed E-state index contributed by atoms with van der Waals surface area (Å²) in [5.41, 5.74) is 0. The summed E-state index contributed by atoms with van der Waals surface area (Å²) in [4.78, 5) is 2.44. The monoisotopic (exact) mass is 191 g/mol. The molecule has 1 nitrogen and oxygen atoms in total. The lowest BCUT2D eigenvalue weighted by Crippen LogP contribution is -2.38. The molecule has 0 radical (unpaired) electrons. The van der Waals surface area contributed by atoms with Crippen molar-refractivity contribution in [1.82, 2.24) is 4.90 Å². The maximum atomic E-state index is 4.21. The smallest absolute Gasteiger partial charge is 0.00752 e. The highest BCUT2D eigenvalue weighted by Gasteiger charge is 2.10. The molecule has 0 saturated heterocycles. The SMILES string of the molecule is CC.CC(C)N(CCS)C(C)C. The lowest BCUT2D eigenvalue weighted by atomic mass is 10.2. The maximum absolute atomic E-state index is 4.21. The summed E-state index contributed by atoms with van der Waals surface area (Å²) in [6, 6.07) is 1.29. The van der Waals surface area contributed by atoms with Gasteiger partial charge in [0.05, 0.1) is 0 Å². The highest BCUT2D eigenvalue weighted by molar-refractivity contribution is 7.80. The van der Waals surface area contributed by atoms with E-state index >= 15 is 0 Å². The van der Waals surface area contributed by atoms with Crippen LogP contribution in [0.1, 0.15) is 41.5 Å². The Bertz CT molecular complexity index is 73.9. The predicted molar refractivity (Wildman–Crippen MR) is 62.2 cm³/mol. The van der Waals surface area contributed by atoms with Crippen molar-refractivity contribution in [3.63, 3.8) is 0 Å². The van der Waals surface area contributed by atoms with Crippen LogP contribution in [0.5, 0.6) is 0 Å². The van der Waals surface area contributed by atoms with Crippen molar-refractivity contribution in [3.05, 3.63) is 0 Å². The van der Waals surface area contributed by atoms with Gasteiger partial charge in [-0.3, -0.25) is 4.90 Å². The van der Waals surface area contributed by atoms with Crippen molar-refractivity contribution in [2.24, 2.45) is 0 Å². The average molecular weight is 191 g/mol. The molecule has 0 unspecified atom stereocenters. The van der Waals surface area contributed by atoms with E-state index in [4.69, 9.17) is 0 Å². The molecular weight excluding hydrogens is 166 g/mol. The van der Waals surface area contributed by atoms with Gasteiger partial charge in [0, 0.05) is 24.4 Å². The van der Waals surface area contributed by atoms with Crippen LogP contribution in [-0.4, -0.2) is 29.3 Å². The van der Waals surface area contributed by atoms with E-state index in [1.165, 1.54) is 0 Å². The molecule has 0 fully saturated rings. The first-order valence-electron chi connectivity index (χ1n) is 4.96. The first kappa shape index (κ1) is 14.8. The summed E-state index contributed by atoms with van der Waals surface area (Å²) in [5.74, 6) is 0.955. The maximum Gasteiger partial charge on any atom is 0.00752 e. The van der Waals surface area contributed by atoms with E-state index in [1.807, 2.05) is 13.8 Å². The molecular formula is C10H25NS. The molecule has 0 atom stereocenters. The van der Waals surface area contributed by atoms with Crippen molar-refractivity contribution in [2.75, 3.05) is 12.3 Å². The molecule has 0 aromatic carbocycles. The van der Waals surface area contributed by atoms with E-state index < -0.39 is 0 Å². The van der Waals surface area contributed by atoms with Crippen molar-refractivity contribution in [3.8, 4) is 0 Å². The second kappa shape index (κ2) is 9.40. The van der Waals surface area contributed by atoms with E-state index in [0.717, 1.165) is 12.3 Å². The first-order valence-corrected chi connectivity index (χ1v) is 5.59. The van der Waals surface area contributed by atoms with Crippen LogP contribution in [0.4, 0.5) is 0 Å². The van der Waals surface area contributed by atoms with Gasteiger partial charge in [-0.15, -0.1) is 0 Å². The van der Waals surface area contributed by atoms with Gasteiger partial charge in [0.15, 0.2) is 0 Å². The Kier molecular flexibility index (Phi) is 11.6. The lowest BCUT2D eigenvalue weighted by molar-refractivity contribution is 0.187. The Morgan fingerprint density at radius 2 is 1.33 bits per heavy atom. The van der Waals surface area contributed by atoms with Crippen molar-refractivity contribution >= 4 is 12.6 Å². The van der Waals surface area contributed by atoms with Gasteiger partial charge in [0.1, 0.15) is 0 Å². The molecule has 0 rings (SSSR count). The van der Waals surface area contributed by atoms with Crippen LogP contribution in [0.2, 0.25) is 0 Å². The van der Waals surface area contributed by atoms with Gasteiger partial charge >= 0.3 is 0 Å². The third kappa shape index (κ3) is 6.99. The molecule has 0 N–H and O–H groups in total. The van der Waals surface area contributed by atoms with E-state index in [9.17, 15) is 0 Å². The van der Waals surface area contributed by atoms with Gasteiger partial charge in [-0.05, 0) is 27.7 Å². The fourth-order valence-corrected chi connectivity index (χ4v) is 1.46. The first-order chi connectivity index (χ1) is 5.59. The molecule has 0 amide bonds. The van der Waals surface area contributed by atoms with Crippen LogP contribution in [-0.2, 0) is 0 Å². The normalized spacial score (nSPS) is 10.5. The van der Waals surface area contributed by atoms with E-state index in [0.29, 0.717) is 12.1 Å². The number of nitrogens with zero attached hydrogens (tertiary/aromatic N) is 1. The lowest BCUT2D eigenvalue weighted by Gasteiger charge is -2.29. The molecule has 0 spiro atoms. The summed E-state index contributed by atoms with van der Waals surface area (Å²) in [5, 5.41) is 0. The Morgan fingerprint density at radius 1 is 1.00 bits per heavy atom. The van der Waals surface area contributed by atoms with E-state index in [1.54, 1.807) is 0 Å². The van der Waals surface area contributed by atoms with Crippen LogP contribution in [0.25, 0.3) is 0 Å². The Morgan fingerprint density at radius 3 is 1.42 bits per heavy atom. The summed E-state index contributed by atoms with van der Waals surface area (Å²) in [7, 11) is 0. The molecule has 76 valence electrons. The largest absolute Gasteiger partial charge is 0.298 e. The molecule has 0 aliphatic rings. The van der Waals surface area contributed by atoms with Gasteiger partial charge in [0.2, 0.25) is 0 Å². The molecule has 0 aromatic rings. The Labute approximate surface area is 83.9 Å². The van der Waals surface area contributed by atoms with E-state index in [-0.39, 0.29) is 0 Å². The van der Waals surface area contributed by atoms with Crippen molar-refractivity contribution in [2.45, 2.75) is 53.6 Å². The molecule has 0 bridgehead atoms. The molecule has 2 heteroatoms. The quantitative estimate of drug-likeness (QED) is 0.668. The molecule has 0 saturated carbocycles. The second-order valence-electron chi connectivity index (χ2n) is 3.15. The minimum Gasteiger partial charge on any atom is -0.298 e. The highest BCUT2D eigenvalue weighted by atomic mass is 32.1. The van der Waals surface area contributed by atoms with Crippen LogP contribution in [0, 0.1) is 0 Å². The van der Waals surface area contributed by atoms with Crippen molar-refractivity contribution < 1.29 is 0 Å². The molecule has 12 heavy (non-hydrogen) atoms. The zero-order chi connectivity index (χ0) is 10.1. The van der Waals surface area contributed by atoms with Gasteiger partial charge in [0.25, 0.3) is 0 Å². The molecule has 0 aliphatic carbocycles. The zero-order valence-electron chi connectivity index (χ0n) is 9.46. The predicted octanol–water partition coefficient (Wildman–Crippen LogP) is 3.06. The molecule has 0 heterocycles. The van der Waals surface area contributed by atoms with Crippen LogP contribution >= 0.6 is 12.6 Å². The summed E-state index contributed by atoms with van der Waals surface area (Å²) >= 11 is 4.21. The minimum atomic E-state index is 0.646. The third-order valence-corrected chi connectivity index (χ3v) is 1.88. The summed E-state index contributed by atoms with van der Waals surface area (Å²) < 4.78 is 0. The zero-order valence-corrected chi connectivity index (χ0v) is 10.4. The Hall–Kier alpha value is 0.310. The summed E-state index contributed by atoms with van der Waals surface area (Å²) in [6.07, 6.45) is 0. The fourth-order valence-electron chi connectivity index (χ4n) is 1.23. The third-order valence-electron chi connectivity index (χ3n) is 1.68. The van der Waals surface area contributed by atoms with Crippen molar-refractivity contribution in [1.29, 1.82) is 0 Å². The second-order valence-corrected chi connectivity index (χ2v) is 3.60. The number of rotatable bonds is 4. The topological polar surface area (TPSA) is 3.24 Å². The summed E-state index contributed by atoms with van der Waals surface area (Å²) in [6.45, 7) is 14.0. The van der Waals surface area contributed by atoms with Crippen LogP contribution < -0.4 is 0 Å². The Balaban J connectivity index is 0. The van der Waals surface area contributed by atoms with Gasteiger partial charge < -0.3 is 0 Å². The molecule has 0 aliphatic heterocycles. The number of hydrogen-bond acceptors (Lipinski definition) is 2. The number of hydrogen-bond donors (Lipinski definition) is 1. The minimum absolute atomic E-state index is 0.646. The highest BCUT2D eigenvalue weighted by Crippen LogP contribution is 2.03. The standard InChI is InChI=1S/C8H19NS.C2H6/c1-7(2)9(5-6-10)8(3)4;1-2/h7-8,10H,5-6H2,1-4H3;1-2H3. The van der Waals surface area contributed by atoms with Crippen LogP contribution in [0.15, 0.2) is 0 Å². The van der Waals surface area contributed by atoms with E-state index in [2.05, 4.69) is 45.2 Å².